The molecule has 0 saturated heterocycles. The summed E-state index contributed by atoms with van der Waals surface area (Å²) in [5, 5.41) is 3.01. The standard InChI is InChI=1S/C14H16N4O2/c15-11-5-1-2-6-12(11)20-9-8-18-14-10(13(16)19)4-3-7-17-14/h1-7H,8-9,15H2,(H2,16,19)(H,17,18). The summed E-state index contributed by atoms with van der Waals surface area (Å²) in [6.45, 7) is 0.870. The van der Waals surface area contributed by atoms with Crippen LogP contribution >= 0.6 is 0 Å². The summed E-state index contributed by atoms with van der Waals surface area (Å²) < 4.78 is 5.53. The van der Waals surface area contributed by atoms with Crippen LogP contribution in [-0.2, 0) is 0 Å². The van der Waals surface area contributed by atoms with Crippen molar-refractivity contribution in [2.24, 2.45) is 5.73 Å². The van der Waals surface area contributed by atoms with E-state index in [9.17, 15) is 4.79 Å². The van der Waals surface area contributed by atoms with E-state index in [1.807, 2.05) is 12.1 Å². The van der Waals surface area contributed by atoms with E-state index in [4.69, 9.17) is 16.2 Å². The highest BCUT2D eigenvalue weighted by Gasteiger charge is 2.07. The molecule has 0 unspecified atom stereocenters. The van der Waals surface area contributed by atoms with Crippen molar-refractivity contribution in [3.63, 3.8) is 0 Å². The van der Waals surface area contributed by atoms with E-state index >= 15 is 0 Å². The second kappa shape index (κ2) is 6.42. The number of nitrogens with one attached hydrogen (secondary N) is 1. The molecule has 1 aromatic heterocycles. The van der Waals surface area contributed by atoms with Gasteiger partial charge in [-0.2, -0.15) is 0 Å². The first-order valence-corrected chi connectivity index (χ1v) is 6.14. The summed E-state index contributed by atoms with van der Waals surface area (Å²) in [6.07, 6.45) is 1.59. The first-order valence-electron chi connectivity index (χ1n) is 6.14. The number of rotatable bonds is 6. The highest BCUT2D eigenvalue weighted by molar-refractivity contribution is 5.97. The molecule has 0 atom stereocenters. The van der Waals surface area contributed by atoms with E-state index < -0.39 is 5.91 Å². The second-order valence-corrected chi connectivity index (χ2v) is 4.08. The Labute approximate surface area is 116 Å². The zero-order chi connectivity index (χ0) is 14.4. The number of hydrogen-bond donors (Lipinski definition) is 3. The maximum atomic E-state index is 11.2. The van der Waals surface area contributed by atoms with E-state index in [0.29, 0.717) is 36.0 Å². The molecule has 2 aromatic rings. The predicted octanol–water partition coefficient (Wildman–Crippen LogP) is 1.25. The van der Waals surface area contributed by atoms with Crippen molar-refractivity contribution in [2.75, 3.05) is 24.2 Å². The average Bonchev–Trinajstić information content (AvgIpc) is 2.45. The Balaban J connectivity index is 1.88. The van der Waals surface area contributed by atoms with Gasteiger partial charge in [-0.3, -0.25) is 4.79 Å². The average molecular weight is 272 g/mol. The molecule has 104 valence electrons. The molecule has 1 amide bonds. The molecule has 0 fully saturated rings. The highest BCUT2D eigenvalue weighted by Crippen LogP contribution is 2.19. The van der Waals surface area contributed by atoms with Crippen molar-refractivity contribution in [1.82, 2.24) is 4.98 Å². The molecule has 0 aliphatic carbocycles. The number of para-hydroxylation sites is 2. The molecule has 1 heterocycles. The van der Waals surface area contributed by atoms with Crippen LogP contribution in [0, 0.1) is 0 Å². The van der Waals surface area contributed by atoms with Crippen molar-refractivity contribution >= 4 is 17.4 Å². The lowest BCUT2D eigenvalue weighted by atomic mass is 10.2. The van der Waals surface area contributed by atoms with Crippen molar-refractivity contribution in [3.8, 4) is 5.75 Å². The van der Waals surface area contributed by atoms with Crippen molar-refractivity contribution in [3.05, 3.63) is 48.2 Å². The van der Waals surface area contributed by atoms with Gasteiger partial charge in [0.2, 0.25) is 0 Å². The number of amides is 1. The van der Waals surface area contributed by atoms with Crippen LogP contribution in [0.2, 0.25) is 0 Å². The van der Waals surface area contributed by atoms with Gasteiger partial charge >= 0.3 is 0 Å². The number of ether oxygens (including phenoxy) is 1. The molecule has 20 heavy (non-hydrogen) atoms. The molecule has 0 spiro atoms. The van der Waals surface area contributed by atoms with Gasteiger partial charge in [0.15, 0.2) is 0 Å². The number of nitrogens with zero attached hydrogens (tertiary/aromatic N) is 1. The van der Waals surface area contributed by atoms with Gasteiger partial charge in [0, 0.05) is 6.20 Å². The molecule has 0 saturated carbocycles. The van der Waals surface area contributed by atoms with E-state index in [0.717, 1.165) is 0 Å². The summed E-state index contributed by atoms with van der Waals surface area (Å²) in [5.41, 5.74) is 12.0. The Morgan fingerprint density at radius 3 is 2.80 bits per heavy atom. The number of aromatic nitrogens is 1. The Hall–Kier alpha value is -2.76. The highest BCUT2D eigenvalue weighted by atomic mass is 16.5. The van der Waals surface area contributed by atoms with Crippen LogP contribution in [0.5, 0.6) is 5.75 Å². The Bertz CT molecular complexity index is 601. The number of benzene rings is 1. The van der Waals surface area contributed by atoms with E-state index in [-0.39, 0.29) is 0 Å². The van der Waals surface area contributed by atoms with Gasteiger partial charge in [0.25, 0.3) is 5.91 Å². The molecule has 2 rings (SSSR count). The molecule has 6 nitrogen and oxygen atoms in total. The van der Waals surface area contributed by atoms with Crippen LogP contribution in [0.15, 0.2) is 42.6 Å². The van der Waals surface area contributed by atoms with Gasteiger partial charge in [-0.25, -0.2) is 4.98 Å². The molecule has 0 aliphatic rings. The summed E-state index contributed by atoms with van der Waals surface area (Å²) in [4.78, 5) is 15.3. The smallest absolute Gasteiger partial charge is 0.252 e. The lowest BCUT2D eigenvalue weighted by Gasteiger charge is -2.11. The summed E-state index contributed by atoms with van der Waals surface area (Å²) in [6, 6.07) is 10.5. The van der Waals surface area contributed by atoms with Crippen molar-refractivity contribution in [2.45, 2.75) is 0 Å². The summed E-state index contributed by atoms with van der Waals surface area (Å²) in [7, 11) is 0. The Kier molecular flexibility index (Phi) is 4.39. The van der Waals surface area contributed by atoms with Crippen molar-refractivity contribution in [1.29, 1.82) is 0 Å². The number of nitrogen functional groups attached to an aromatic ring is 1. The number of pyridine rings is 1. The van der Waals surface area contributed by atoms with E-state index in [1.54, 1.807) is 30.5 Å². The molecular formula is C14H16N4O2. The molecule has 1 aromatic carbocycles. The topological polar surface area (TPSA) is 103 Å². The van der Waals surface area contributed by atoms with Crippen LogP contribution in [0.25, 0.3) is 0 Å². The summed E-state index contributed by atoms with van der Waals surface area (Å²) in [5.74, 6) is 0.559. The number of anilines is 2. The van der Waals surface area contributed by atoms with Crippen LogP contribution in [0.4, 0.5) is 11.5 Å². The zero-order valence-electron chi connectivity index (χ0n) is 10.9. The molecule has 6 heteroatoms. The predicted molar refractivity (Wildman–Crippen MR) is 77.6 cm³/mol. The van der Waals surface area contributed by atoms with Gasteiger partial charge in [0.1, 0.15) is 18.2 Å². The molecule has 0 radical (unpaired) electrons. The number of nitrogens with two attached hydrogens (primary N) is 2. The lowest BCUT2D eigenvalue weighted by molar-refractivity contribution is 0.100. The van der Waals surface area contributed by atoms with Crippen LogP contribution in [-0.4, -0.2) is 24.0 Å². The van der Waals surface area contributed by atoms with Gasteiger partial charge in [-0.1, -0.05) is 12.1 Å². The van der Waals surface area contributed by atoms with Crippen LogP contribution in [0.3, 0.4) is 0 Å². The summed E-state index contributed by atoms with van der Waals surface area (Å²) >= 11 is 0. The van der Waals surface area contributed by atoms with E-state index in [2.05, 4.69) is 10.3 Å². The second-order valence-electron chi connectivity index (χ2n) is 4.08. The van der Waals surface area contributed by atoms with Gasteiger partial charge in [0.05, 0.1) is 17.8 Å². The molecule has 0 bridgehead atoms. The third-order valence-electron chi connectivity index (χ3n) is 2.64. The van der Waals surface area contributed by atoms with Gasteiger partial charge in [-0.05, 0) is 24.3 Å². The molecule has 5 N–H and O–H groups in total. The van der Waals surface area contributed by atoms with Gasteiger partial charge in [-0.15, -0.1) is 0 Å². The first-order chi connectivity index (χ1) is 9.68. The minimum atomic E-state index is -0.520. The normalized spacial score (nSPS) is 10.0. The minimum absolute atomic E-state index is 0.353. The molecular weight excluding hydrogens is 256 g/mol. The number of hydrogen-bond acceptors (Lipinski definition) is 5. The van der Waals surface area contributed by atoms with Crippen molar-refractivity contribution < 1.29 is 9.53 Å². The maximum Gasteiger partial charge on any atom is 0.252 e. The quantitative estimate of drug-likeness (QED) is 0.542. The zero-order valence-corrected chi connectivity index (χ0v) is 10.9. The number of carbonyl (C=O) groups is 1. The fourth-order valence-corrected chi connectivity index (χ4v) is 1.69. The minimum Gasteiger partial charge on any atom is -0.490 e. The fraction of sp³-hybridized carbons (Fsp3) is 0.143. The fourth-order valence-electron chi connectivity index (χ4n) is 1.69. The monoisotopic (exact) mass is 272 g/mol. The Morgan fingerprint density at radius 2 is 2.05 bits per heavy atom. The first kappa shape index (κ1) is 13.7. The Morgan fingerprint density at radius 1 is 1.25 bits per heavy atom. The van der Waals surface area contributed by atoms with Crippen LogP contribution in [0.1, 0.15) is 10.4 Å². The third kappa shape index (κ3) is 3.38. The van der Waals surface area contributed by atoms with E-state index in [1.165, 1.54) is 0 Å². The molecule has 0 aliphatic heterocycles. The van der Waals surface area contributed by atoms with Gasteiger partial charge < -0.3 is 21.5 Å². The third-order valence-corrected chi connectivity index (χ3v) is 2.64. The number of primary amides is 1. The largest absolute Gasteiger partial charge is 0.490 e. The van der Waals surface area contributed by atoms with Crippen LogP contribution < -0.4 is 21.5 Å². The SMILES string of the molecule is NC(=O)c1cccnc1NCCOc1ccccc1N. The maximum absolute atomic E-state index is 11.2. The number of carbonyl (C=O) groups excluding carboxylic acids is 1. The lowest BCUT2D eigenvalue weighted by Crippen LogP contribution is -2.18.